The van der Waals surface area contributed by atoms with Crippen LogP contribution in [0.25, 0.3) is 11.1 Å². The lowest BCUT2D eigenvalue weighted by atomic mass is 9.99. The molecule has 0 aliphatic carbocycles. The number of nitriles is 1. The predicted octanol–water partition coefficient (Wildman–Crippen LogP) is 4.15. The third kappa shape index (κ3) is 13.8. The Morgan fingerprint density at radius 3 is 2.02 bits per heavy atom. The number of carboxylic acid groups (broad SMARTS) is 2. The topological polar surface area (TPSA) is 152 Å². The molecule has 0 unspecified atom stereocenters. The van der Waals surface area contributed by atoms with Crippen molar-refractivity contribution in [2.24, 2.45) is 0 Å². The lowest BCUT2D eigenvalue weighted by molar-refractivity contribution is -0.193. The van der Waals surface area contributed by atoms with Crippen LogP contribution in [-0.2, 0) is 32.1 Å². The number of carbonyl (C=O) groups is 3. The predicted molar refractivity (Wildman–Crippen MR) is 152 cm³/mol. The highest BCUT2D eigenvalue weighted by Crippen LogP contribution is 2.22. The highest BCUT2D eigenvalue weighted by molar-refractivity contribution is 5.82. The van der Waals surface area contributed by atoms with E-state index >= 15 is 0 Å². The lowest BCUT2D eigenvalue weighted by Gasteiger charge is -2.26. The molecule has 0 spiro atoms. The van der Waals surface area contributed by atoms with Crippen LogP contribution in [-0.4, -0.2) is 90.2 Å². The van der Waals surface area contributed by atoms with Crippen LogP contribution in [0.15, 0.2) is 48.5 Å². The van der Waals surface area contributed by atoms with Gasteiger partial charge in [0.1, 0.15) is 6.04 Å². The molecule has 252 valence electrons. The molecule has 0 radical (unpaired) electrons. The Balaban J connectivity index is 0.000000440. The molecule has 16 heteroatoms. The largest absolute Gasteiger partial charge is 0.490 e. The van der Waals surface area contributed by atoms with Gasteiger partial charge in [0.2, 0.25) is 5.91 Å². The van der Waals surface area contributed by atoms with E-state index in [4.69, 9.17) is 24.5 Å². The molecule has 4 N–H and O–H groups in total. The van der Waals surface area contributed by atoms with E-state index in [0.717, 1.165) is 69.8 Å². The molecule has 46 heavy (non-hydrogen) atoms. The van der Waals surface area contributed by atoms with E-state index in [2.05, 4.69) is 70.1 Å². The standard InChI is InChI=1S/C26H32N4O2.2C2HF3O2/c27-18-24(29-26(31)25-6-1-2-11-28-25)17-20-7-9-22(10-8-20)23-5-3-4-21(16-23)19-30-12-14-32-15-13-30;2*3-2(4,5)1(6)7/h3-5,7-10,16,24-25,28H,1-2,6,11-15,17,19H2,(H,29,31);2*(H,6,7)/t24-,25-;;/m0../s1. The highest BCUT2D eigenvalue weighted by atomic mass is 19.4. The number of carbonyl (C=O) groups excluding carboxylic acids is 1. The van der Waals surface area contributed by atoms with Crippen LogP contribution in [0, 0.1) is 11.3 Å². The van der Waals surface area contributed by atoms with E-state index in [1.54, 1.807) is 0 Å². The Labute approximate surface area is 260 Å². The van der Waals surface area contributed by atoms with Gasteiger partial charge in [0.25, 0.3) is 0 Å². The lowest BCUT2D eigenvalue weighted by Crippen LogP contribution is -2.49. The highest BCUT2D eigenvalue weighted by Gasteiger charge is 2.38. The molecule has 0 bridgehead atoms. The summed E-state index contributed by atoms with van der Waals surface area (Å²) in [5.74, 6) is -5.58. The molecule has 2 atom stereocenters. The fraction of sp³-hybridized carbons (Fsp3) is 0.467. The Morgan fingerprint density at radius 2 is 1.52 bits per heavy atom. The van der Waals surface area contributed by atoms with Crippen LogP contribution in [0.4, 0.5) is 26.3 Å². The summed E-state index contributed by atoms with van der Waals surface area (Å²) in [6.07, 6.45) is -6.67. The van der Waals surface area contributed by atoms with Gasteiger partial charge >= 0.3 is 24.3 Å². The number of rotatable bonds is 7. The van der Waals surface area contributed by atoms with E-state index in [-0.39, 0.29) is 11.9 Å². The van der Waals surface area contributed by atoms with Gasteiger partial charge in [0, 0.05) is 26.1 Å². The maximum Gasteiger partial charge on any atom is 0.490 e. The number of nitrogens with zero attached hydrogens (tertiary/aromatic N) is 2. The number of piperidine rings is 1. The van der Waals surface area contributed by atoms with Gasteiger partial charge in [-0.15, -0.1) is 0 Å². The van der Waals surface area contributed by atoms with Gasteiger partial charge in [0.05, 0.1) is 25.3 Å². The van der Waals surface area contributed by atoms with Crippen molar-refractivity contribution >= 4 is 17.8 Å². The molecule has 2 aliphatic rings. The number of ether oxygens (including phenoxy) is 1. The van der Waals surface area contributed by atoms with Crippen LogP contribution in [0.5, 0.6) is 0 Å². The van der Waals surface area contributed by atoms with Crippen LogP contribution >= 0.6 is 0 Å². The van der Waals surface area contributed by atoms with Gasteiger partial charge in [-0.05, 0) is 47.7 Å². The number of morpholine rings is 1. The molecular formula is C30H34F6N4O6. The molecule has 2 fully saturated rings. The minimum absolute atomic E-state index is 0.0649. The van der Waals surface area contributed by atoms with Gasteiger partial charge in [-0.2, -0.15) is 31.6 Å². The van der Waals surface area contributed by atoms with Crippen LogP contribution in [0.2, 0.25) is 0 Å². The second-order valence-corrected chi connectivity index (χ2v) is 10.3. The normalized spacial score (nSPS) is 17.5. The van der Waals surface area contributed by atoms with Gasteiger partial charge < -0.3 is 25.6 Å². The smallest absolute Gasteiger partial charge is 0.475 e. The van der Waals surface area contributed by atoms with Crippen molar-refractivity contribution in [1.82, 2.24) is 15.5 Å². The molecule has 4 rings (SSSR count). The number of alkyl halides is 6. The molecular weight excluding hydrogens is 626 g/mol. The summed E-state index contributed by atoms with van der Waals surface area (Å²) in [7, 11) is 0. The van der Waals surface area contributed by atoms with Crippen molar-refractivity contribution in [2.75, 3.05) is 32.8 Å². The molecule has 0 aromatic heterocycles. The first-order chi connectivity index (χ1) is 21.6. The summed E-state index contributed by atoms with van der Waals surface area (Å²) in [6, 6.07) is 18.5. The zero-order valence-corrected chi connectivity index (χ0v) is 24.5. The zero-order chi connectivity index (χ0) is 34.3. The maximum atomic E-state index is 12.4. The number of nitrogens with one attached hydrogen (secondary N) is 2. The molecule has 0 saturated carbocycles. The summed E-state index contributed by atoms with van der Waals surface area (Å²) >= 11 is 0. The Hall–Kier alpha value is -4.20. The molecule has 2 aliphatic heterocycles. The molecule has 10 nitrogen and oxygen atoms in total. The van der Waals surface area contributed by atoms with E-state index in [1.165, 1.54) is 11.1 Å². The fourth-order valence-electron chi connectivity index (χ4n) is 4.41. The summed E-state index contributed by atoms with van der Waals surface area (Å²) in [4.78, 5) is 32.6. The van der Waals surface area contributed by atoms with Gasteiger partial charge in [-0.3, -0.25) is 9.69 Å². The number of halogens is 6. The van der Waals surface area contributed by atoms with Gasteiger partial charge in [0.15, 0.2) is 0 Å². The van der Waals surface area contributed by atoms with Crippen molar-refractivity contribution in [1.29, 1.82) is 5.26 Å². The Morgan fingerprint density at radius 1 is 0.935 bits per heavy atom. The molecule has 1 amide bonds. The van der Waals surface area contributed by atoms with E-state index in [0.29, 0.717) is 6.42 Å². The maximum absolute atomic E-state index is 12.4. The zero-order valence-electron chi connectivity index (χ0n) is 24.5. The minimum Gasteiger partial charge on any atom is -0.475 e. The molecule has 2 aromatic carbocycles. The summed E-state index contributed by atoms with van der Waals surface area (Å²) in [5, 5.41) is 29.9. The van der Waals surface area contributed by atoms with Crippen LogP contribution in [0.1, 0.15) is 30.4 Å². The second-order valence-electron chi connectivity index (χ2n) is 10.3. The summed E-state index contributed by atoms with van der Waals surface area (Å²) in [6.45, 7) is 5.38. The average Bonchev–Trinajstić information content (AvgIpc) is 3.02. The molecule has 2 saturated heterocycles. The van der Waals surface area contributed by atoms with Crippen molar-refractivity contribution < 1.29 is 55.7 Å². The van der Waals surface area contributed by atoms with E-state index in [1.807, 2.05) is 0 Å². The van der Waals surface area contributed by atoms with Crippen molar-refractivity contribution in [3.8, 4) is 17.2 Å². The number of benzene rings is 2. The number of hydrogen-bond acceptors (Lipinski definition) is 7. The van der Waals surface area contributed by atoms with Crippen molar-refractivity contribution in [2.45, 2.75) is 56.7 Å². The molecule has 2 heterocycles. The van der Waals surface area contributed by atoms with E-state index in [9.17, 15) is 36.4 Å². The van der Waals surface area contributed by atoms with Crippen molar-refractivity contribution in [3.63, 3.8) is 0 Å². The average molecular weight is 661 g/mol. The first-order valence-electron chi connectivity index (χ1n) is 14.1. The monoisotopic (exact) mass is 660 g/mol. The number of amides is 1. The Bertz CT molecular complexity index is 1290. The summed E-state index contributed by atoms with van der Waals surface area (Å²) in [5.41, 5.74) is 4.69. The first kappa shape index (κ1) is 38.0. The van der Waals surface area contributed by atoms with Gasteiger partial charge in [-0.25, -0.2) is 9.59 Å². The SMILES string of the molecule is N#C[C@H](Cc1ccc(-c2cccc(CN3CCOCC3)c2)cc1)NC(=O)[C@@H]1CCCCN1.O=C(O)C(F)(F)F.O=C(O)C(F)(F)F. The minimum atomic E-state index is -5.08. The third-order valence-corrected chi connectivity index (χ3v) is 6.75. The number of hydrogen-bond donors (Lipinski definition) is 4. The summed E-state index contributed by atoms with van der Waals surface area (Å²) < 4.78 is 68.9. The van der Waals surface area contributed by atoms with Crippen LogP contribution in [0.3, 0.4) is 0 Å². The quantitative estimate of drug-likeness (QED) is 0.321. The van der Waals surface area contributed by atoms with Gasteiger partial charge in [-0.1, -0.05) is 48.9 Å². The number of aliphatic carboxylic acids is 2. The third-order valence-electron chi connectivity index (χ3n) is 6.75. The molecule has 2 aromatic rings. The van der Waals surface area contributed by atoms with E-state index < -0.39 is 30.3 Å². The van der Waals surface area contributed by atoms with Crippen molar-refractivity contribution in [3.05, 3.63) is 59.7 Å². The second kappa shape index (κ2) is 18.1. The first-order valence-corrected chi connectivity index (χ1v) is 14.1. The number of carboxylic acids is 2. The van der Waals surface area contributed by atoms with Crippen LogP contribution < -0.4 is 10.6 Å². The fourth-order valence-corrected chi connectivity index (χ4v) is 4.41. The Kier molecular flexibility index (Phi) is 14.9.